The summed E-state index contributed by atoms with van der Waals surface area (Å²) in [5, 5.41) is 0.872. The lowest BCUT2D eigenvalue weighted by molar-refractivity contribution is 0.103. The molecular formula is C30H41ClN2. The molecule has 0 aromatic heterocycles. The summed E-state index contributed by atoms with van der Waals surface area (Å²) in [5.74, 6) is 1.33. The SMILES string of the molecule is CC/C=C(/Cc1ccc(C(C)C)cc1)N1CCN(Cc2cc(Cl)ccc2C2CCC2)CC1C. The Hall–Kier alpha value is -1.77. The Bertz CT molecular complexity index is 942. The lowest BCUT2D eigenvalue weighted by Crippen LogP contribution is -2.51. The average molecular weight is 465 g/mol. The van der Waals surface area contributed by atoms with Crippen LogP contribution in [-0.4, -0.2) is 35.5 Å². The molecule has 3 heteroatoms. The fraction of sp³-hybridized carbons (Fsp3) is 0.533. The third-order valence-electron chi connectivity index (χ3n) is 7.60. The van der Waals surface area contributed by atoms with Gasteiger partial charge in [-0.25, -0.2) is 0 Å². The van der Waals surface area contributed by atoms with E-state index in [0.29, 0.717) is 12.0 Å². The second-order valence-electron chi connectivity index (χ2n) is 10.4. The number of benzene rings is 2. The van der Waals surface area contributed by atoms with Gasteiger partial charge in [-0.3, -0.25) is 4.90 Å². The molecule has 0 spiro atoms. The minimum absolute atomic E-state index is 0.512. The first kappa shape index (κ1) is 24.4. The molecular weight excluding hydrogens is 424 g/mol. The maximum Gasteiger partial charge on any atom is 0.0409 e. The van der Waals surface area contributed by atoms with Crippen molar-refractivity contribution in [3.05, 3.63) is 81.5 Å². The number of nitrogens with zero attached hydrogens (tertiary/aromatic N) is 2. The molecule has 1 saturated heterocycles. The van der Waals surface area contributed by atoms with Crippen LogP contribution in [0.15, 0.2) is 54.2 Å². The molecule has 2 nitrogen and oxygen atoms in total. The zero-order valence-corrected chi connectivity index (χ0v) is 21.7. The molecule has 0 radical (unpaired) electrons. The summed E-state index contributed by atoms with van der Waals surface area (Å²) >= 11 is 6.40. The highest BCUT2D eigenvalue weighted by molar-refractivity contribution is 6.30. The fourth-order valence-electron chi connectivity index (χ4n) is 5.43. The highest BCUT2D eigenvalue weighted by Crippen LogP contribution is 2.39. The van der Waals surface area contributed by atoms with E-state index in [0.717, 1.165) is 50.0 Å². The molecule has 178 valence electrons. The van der Waals surface area contributed by atoms with Crippen LogP contribution in [0.2, 0.25) is 5.02 Å². The van der Waals surface area contributed by atoms with Crippen LogP contribution in [0.5, 0.6) is 0 Å². The summed E-state index contributed by atoms with van der Waals surface area (Å²) < 4.78 is 0. The van der Waals surface area contributed by atoms with Crippen LogP contribution < -0.4 is 0 Å². The predicted molar refractivity (Wildman–Crippen MR) is 142 cm³/mol. The fourth-order valence-corrected chi connectivity index (χ4v) is 5.62. The van der Waals surface area contributed by atoms with Gasteiger partial charge in [0.25, 0.3) is 0 Å². The standard InChI is InChI=1S/C30H41ClN2/c1-5-7-29(18-24-10-12-25(13-11-24)22(2)3)33-17-16-32(20-23(33)4)21-27-19-28(31)14-15-30(27)26-8-6-9-26/h7,10-15,19,22-23,26H,5-6,8-9,16-18,20-21H2,1-4H3/b29-7-. The van der Waals surface area contributed by atoms with Crippen molar-refractivity contribution in [2.45, 2.75) is 84.2 Å². The Kier molecular flexibility index (Phi) is 8.20. The molecule has 2 aromatic carbocycles. The molecule has 4 rings (SSSR count). The number of allylic oxidation sites excluding steroid dienone is 2. The first-order valence-corrected chi connectivity index (χ1v) is 13.4. The van der Waals surface area contributed by atoms with Gasteiger partial charge in [-0.1, -0.05) is 75.2 Å². The summed E-state index contributed by atoms with van der Waals surface area (Å²) in [5.41, 5.74) is 7.31. The second kappa shape index (κ2) is 11.1. The Morgan fingerprint density at radius 2 is 1.85 bits per heavy atom. The lowest BCUT2D eigenvalue weighted by Gasteiger charge is -2.43. The van der Waals surface area contributed by atoms with E-state index in [-0.39, 0.29) is 0 Å². The van der Waals surface area contributed by atoms with Crippen molar-refractivity contribution < 1.29 is 0 Å². The van der Waals surface area contributed by atoms with Gasteiger partial charge in [0.1, 0.15) is 0 Å². The molecule has 1 unspecified atom stereocenters. The molecule has 2 aliphatic rings. The second-order valence-corrected chi connectivity index (χ2v) is 10.9. The van der Waals surface area contributed by atoms with Crippen molar-refractivity contribution in [2.24, 2.45) is 0 Å². The van der Waals surface area contributed by atoms with E-state index in [1.807, 2.05) is 0 Å². The predicted octanol–water partition coefficient (Wildman–Crippen LogP) is 7.77. The number of hydrogen-bond acceptors (Lipinski definition) is 2. The lowest BCUT2D eigenvalue weighted by atomic mass is 9.78. The normalized spacial score (nSPS) is 20.4. The smallest absolute Gasteiger partial charge is 0.0409 e. The molecule has 1 aliphatic carbocycles. The van der Waals surface area contributed by atoms with Crippen LogP contribution in [-0.2, 0) is 13.0 Å². The number of rotatable bonds is 8. The molecule has 1 heterocycles. The Morgan fingerprint density at radius 3 is 2.45 bits per heavy atom. The molecule has 1 saturated carbocycles. The van der Waals surface area contributed by atoms with Gasteiger partial charge in [0, 0.05) is 49.4 Å². The maximum absolute atomic E-state index is 6.40. The van der Waals surface area contributed by atoms with Gasteiger partial charge in [0.15, 0.2) is 0 Å². The highest BCUT2D eigenvalue weighted by Gasteiger charge is 2.27. The van der Waals surface area contributed by atoms with E-state index < -0.39 is 0 Å². The largest absolute Gasteiger partial charge is 0.370 e. The third kappa shape index (κ3) is 6.03. The van der Waals surface area contributed by atoms with E-state index in [2.05, 4.69) is 86.0 Å². The molecule has 0 bridgehead atoms. The molecule has 2 fully saturated rings. The molecule has 2 aromatic rings. The van der Waals surface area contributed by atoms with Crippen molar-refractivity contribution in [1.82, 2.24) is 9.80 Å². The van der Waals surface area contributed by atoms with Crippen molar-refractivity contribution in [2.75, 3.05) is 19.6 Å². The van der Waals surface area contributed by atoms with Gasteiger partial charge in [0.2, 0.25) is 0 Å². The number of halogens is 1. The van der Waals surface area contributed by atoms with Gasteiger partial charge in [-0.15, -0.1) is 0 Å². The zero-order chi connectivity index (χ0) is 23.4. The molecule has 33 heavy (non-hydrogen) atoms. The zero-order valence-electron chi connectivity index (χ0n) is 21.0. The minimum Gasteiger partial charge on any atom is -0.370 e. The van der Waals surface area contributed by atoms with E-state index in [1.54, 1.807) is 0 Å². The van der Waals surface area contributed by atoms with Crippen LogP contribution in [0.3, 0.4) is 0 Å². The molecule has 1 aliphatic heterocycles. The minimum atomic E-state index is 0.512. The summed E-state index contributed by atoms with van der Waals surface area (Å²) in [6, 6.07) is 16.3. The van der Waals surface area contributed by atoms with Crippen LogP contribution >= 0.6 is 11.6 Å². The van der Waals surface area contributed by atoms with Crippen LogP contribution in [0, 0.1) is 0 Å². The summed E-state index contributed by atoms with van der Waals surface area (Å²) in [6.07, 6.45) is 8.59. The Balaban J connectivity index is 1.41. The van der Waals surface area contributed by atoms with Gasteiger partial charge in [0.05, 0.1) is 0 Å². The van der Waals surface area contributed by atoms with E-state index in [1.165, 1.54) is 47.2 Å². The summed E-state index contributed by atoms with van der Waals surface area (Å²) in [6.45, 7) is 13.5. The van der Waals surface area contributed by atoms with Crippen molar-refractivity contribution in [3.63, 3.8) is 0 Å². The van der Waals surface area contributed by atoms with E-state index in [4.69, 9.17) is 11.6 Å². The van der Waals surface area contributed by atoms with Crippen LogP contribution in [0.4, 0.5) is 0 Å². The monoisotopic (exact) mass is 464 g/mol. The van der Waals surface area contributed by atoms with Gasteiger partial charge in [-0.05, 0) is 72.4 Å². The first-order chi connectivity index (χ1) is 15.9. The van der Waals surface area contributed by atoms with Crippen LogP contribution in [0.25, 0.3) is 0 Å². The van der Waals surface area contributed by atoms with Crippen molar-refractivity contribution in [3.8, 4) is 0 Å². The van der Waals surface area contributed by atoms with Gasteiger partial charge in [-0.2, -0.15) is 0 Å². The highest BCUT2D eigenvalue weighted by atomic mass is 35.5. The van der Waals surface area contributed by atoms with E-state index >= 15 is 0 Å². The first-order valence-electron chi connectivity index (χ1n) is 13.0. The van der Waals surface area contributed by atoms with Gasteiger partial charge >= 0.3 is 0 Å². The molecule has 0 amide bonds. The third-order valence-corrected chi connectivity index (χ3v) is 7.83. The Labute approximate surface area is 206 Å². The maximum atomic E-state index is 6.40. The molecule has 1 atom stereocenters. The average Bonchev–Trinajstić information content (AvgIpc) is 2.74. The summed E-state index contributed by atoms with van der Waals surface area (Å²) in [7, 11) is 0. The molecule has 0 N–H and O–H groups in total. The van der Waals surface area contributed by atoms with Gasteiger partial charge < -0.3 is 4.90 Å². The summed E-state index contributed by atoms with van der Waals surface area (Å²) in [4.78, 5) is 5.29. The number of piperazine rings is 1. The number of hydrogen-bond donors (Lipinski definition) is 0. The Morgan fingerprint density at radius 1 is 1.09 bits per heavy atom. The van der Waals surface area contributed by atoms with Crippen LogP contribution in [0.1, 0.15) is 87.5 Å². The topological polar surface area (TPSA) is 6.48 Å². The van der Waals surface area contributed by atoms with Crippen molar-refractivity contribution in [1.29, 1.82) is 0 Å². The quantitative estimate of drug-likeness (QED) is 0.393. The van der Waals surface area contributed by atoms with E-state index in [9.17, 15) is 0 Å². The van der Waals surface area contributed by atoms with Crippen molar-refractivity contribution >= 4 is 11.6 Å².